The van der Waals surface area contributed by atoms with Crippen LogP contribution in [0.15, 0.2) is 18.6 Å². The number of amides is 1. The third-order valence-electron chi connectivity index (χ3n) is 7.10. The quantitative estimate of drug-likeness (QED) is 0.645. The number of sulfonamides is 1. The Hall–Kier alpha value is -1.74. The number of nitrogens with zero attached hydrogens (tertiary/aromatic N) is 4. The summed E-state index contributed by atoms with van der Waals surface area (Å²) in [6.07, 6.45) is 11.3. The number of fused-ring (bicyclic) bond motifs is 5. The van der Waals surface area contributed by atoms with E-state index in [-0.39, 0.29) is 18.1 Å². The predicted molar refractivity (Wildman–Crippen MR) is 107 cm³/mol. The zero-order chi connectivity index (χ0) is 20.0. The Bertz CT molecular complexity index is 856. The Morgan fingerprint density at radius 3 is 2.59 bits per heavy atom. The lowest BCUT2D eigenvalue weighted by Gasteiger charge is -2.32. The molecule has 2 bridgehead atoms. The van der Waals surface area contributed by atoms with Gasteiger partial charge in [-0.3, -0.25) is 9.78 Å². The van der Waals surface area contributed by atoms with Gasteiger partial charge in [0, 0.05) is 32.0 Å². The van der Waals surface area contributed by atoms with Crippen molar-refractivity contribution in [3.05, 3.63) is 18.6 Å². The van der Waals surface area contributed by atoms with E-state index in [2.05, 4.69) is 14.9 Å². The molecule has 158 valence electrons. The normalized spacial score (nSPS) is 33.4. The Morgan fingerprint density at radius 1 is 1.07 bits per heavy atom. The molecule has 4 aliphatic rings. The van der Waals surface area contributed by atoms with Crippen LogP contribution in [0, 0.1) is 11.8 Å². The van der Waals surface area contributed by atoms with Gasteiger partial charge in [0.05, 0.1) is 24.3 Å². The van der Waals surface area contributed by atoms with Gasteiger partial charge in [-0.05, 0) is 38.0 Å². The summed E-state index contributed by atoms with van der Waals surface area (Å²) < 4.78 is 32.6. The summed E-state index contributed by atoms with van der Waals surface area (Å²) in [4.78, 5) is 23.5. The first kappa shape index (κ1) is 19.2. The molecule has 0 radical (unpaired) electrons. The molecule has 0 aliphatic carbocycles. The van der Waals surface area contributed by atoms with Crippen molar-refractivity contribution in [3.8, 4) is 0 Å². The number of aromatic nitrogens is 2. The van der Waals surface area contributed by atoms with Gasteiger partial charge in [-0.2, -0.15) is 0 Å². The molecule has 0 saturated carbocycles. The topological polar surface area (TPSA) is 92.7 Å². The van der Waals surface area contributed by atoms with E-state index in [0.29, 0.717) is 12.5 Å². The minimum absolute atomic E-state index is 0.184. The van der Waals surface area contributed by atoms with Crippen LogP contribution in [0.3, 0.4) is 0 Å². The molecule has 4 saturated heterocycles. The Balaban J connectivity index is 1.08. The van der Waals surface area contributed by atoms with Gasteiger partial charge in [0.1, 0.15) is 11.1 Å². The largest absolute Gasteiger partial charge is 0.373 e. The van der Waals surface area contributed by atoms with Crippen molar-refractivity contribution in [2.75, 3.05) is 24.5 Å². The highest BCUT2D eigenvalue weighted by Gasteiger charge is 2.65. The SMILES string of the molecule is O=C1C2C3CCC(O3)C2S(=O)(=O)N1CCCCC1CCN(c2cnccn2)CC1. The van der Waals surface area contributed by atoms with Gasteiger partial charge in [0.2, 0.25) is 15.9 Å². The molecule has 4 atom stereocenters. The fraction of sp³-hybridized carbons (Fsp3) is 0.750. The summed E-state index contributed by atoms with van der Waals surface area (Å²) in [7, 11) is -3.55. The molecule has 4 unspecified atom stereocenters. The van der Waals surface area contributed by atoms with Crippen molar-refractivity contribution < 1.29 is 17.9 Å². The minimum atomic E-state index is -3.55. The van der Waals surface area contributed by atoms with Crippen LogP contribution in [-0.2, 0) is 19.6 Å². The molecule has 0 N–H and O–H groups in total. The lowest BCUT2D eigenvalue weighted by Crippen LogP contribution is -2.36. The fourth-order valence-corrected chi connectivity index (χ4v) is 7.88. The van der Waals surface area contributed by atoms with E-state index in [9.17, 15) is 13.2 Å². The van der Waals surface area contributed by atoms with Gasteiger partial charge in [0.25, 0.3) is 0 Å². The van der Waals surface area contributed by atoms with Crippen molar-refractivity contribution in [2.45, 2.75) is 62.4 Å². The molecule has 4 fully saturated rings. The summed E-state index contributed by atoms with van der Waals surface area (Å²) in [6.45, 7) is 2.29. The lowest BCUT2D eigenvalue weighted by atomic mass is 9.88. The van der Waals surface area contributed by atoms with Crippen molar-refractivity contribution in [1.29, 1.82) is 0 Å². The van der Waals surface area contributed by atoms with E-state index in [0.717, 1.165) is 63.9 Å². The monoisotopic (exact) mass is 420 g/mol. The van der Waals surface area contributed by atoms with Crippen LogP contribution >= 0.6 is 0 Å². The molecule has 8 nitrogen and oxygen atoms in total. The highest BCUT2D eigenvalue weighted by atomic mass is 32.2. The Kier molecular flexibility index (Phi) is 4.98. The number of piperidine rings is 1. The molecule has 5 rings (SSSR count). The van der Waals surface area contributed by atoms with Gasteiger partial charge >= 0.3 is 0 Å². The number of anilines is 1. The first-order valence-electron chi connectivity index (χ1n) is 10.8. The number of rotatable bonds is 6. The molecule has 1 amide bonds. The van der Waals surface area contributed by atoms with Crippen LogP contribution in [0.5, 0.6) is 0 Å². The number of carbonyl (C=O) groups is 1. The molecule has 29 heavy (non-hydrogen) atoms. The smallest absolute Gasteiger partial charge is 0.243 e. The number of hydrogen-bond acceptors (Lipinski definition) is 7. The zero-order valence-electron chi connectivity index (χ0n) is 16.5. The number of carbonyl (C=O) groups excluding carboxylic acids is 1. The van der Waals surface area contributed by atoms with Gasteiger partial charge in [-0.15, -0.1) is 0 Å². The van der Waals surface area contributed by atoms with Crippen molar-refractivity contribution in [3.63, 3.8) is 0 Å². The van der Waals surface area contributed by atoms with Crippen LogP contribution in [0.1, 0.15) is 44.9 Å². The molecule has 9 heteroatoms. The Morgan fingerprint density at radius 2 is 1.86 bits per heavy atom. The standard InChI is InChI=1S/C20H28N4O4S/c25-20-18-15-4-5-16(28-15)19(18)29(26,27)24(20)10-2-1-3-14-6-11-23(12-7-14)17-13-21-8-9-22-17/h8-9,13-16,18-19H,1-7,10-12H2. The van der Waals surface area contributed by atoms with Gasteiger partial charge in [-0.1, -0.05) is 12.8 Å². The third kappa shape index (κ3) is 3.32. The Labute approximate surface area is 171 Å². The lowest BCUT2D eigenvalue weighted by molar-refractivity contribution is -0.130. The third-order valence-corrected chi connectivity index (χ3v) is 9.36. The van der Waals surface area contributed by atoms with E-state index < -0.39 is 21.2 Å². The minimum Gasteiger partial charge on any atom is -0.373 e. The summed E-state index contributed by atoms with van der Waals surface area (Å²) in [5, 5.41) is -0.626. The molecule has 5 heterocycles. The predicted octanol–water partition coefficient (Wildman–Crippen LogP) is 1.58. The van der Waals surface area contributed by atoms with Crippen molar-refractivity contribution in [1.82, 2.24) is 14.3 Å². The molecule has 1 aromatic rings. The average Bonchev–Trinajstić information content (AvgIpc) is 3.41. The van der Waals surface area contributed by atoms with Crippen molar-refractivity contribution in [2.24, 2.45) is 11.8 Å². The highest BCUT2D eigenvalue weighted by Crippen LogP contribution is 2.48. The van der Waals surface area contributed by atoms with Gasteiger partial charge < -0.3 is 9.64 Å². The van der Waals surface area contributed by atoms with E-state index >= 15 is 0 Å². The molecular formula is C20H28N4O4S. The molecule has 1 aromatic heterocycles. The first-order chi connectivity index (χ1) is 14.1. The second-order valence-electron chi connectivity index (χ2n) is 8.73. The zero-order valence-corrected chi connectivity index (χ0v) is 17.3. The summed E-state index contributed by atoms with van der Waals surface area (Å²) in [5.74, 6) is 0.910. The maximum Gasteiger partial charge on any atom is 0.243 e. The molecule has 4 aliphatic heterocycles. The van der Waals surface area contributed by atoms with Crippen LogP contribution in [0.4, 0.5) is 5.82 Å². The van der Waals surface area contributed by atoms with E-state index in [1.54, 1.807) is 18.6 Å². The van der Waals surface area contributed by atoms with E-state index in [1.807, 2.05) is 0 Å². The number of hydrogen-bond donors (Lipinski definition) is 0. The summed E-state index contributed by atoms with van der Waals surface area (Å²) in [5.41, 5.74) is 0. The maximum atomic E-state index is 12.9. The number of ether oxygens (including phenoxy) is 1. The second kappa shape index (κ2) is 7.50. The second-order valence-corrected chi connectivity index (χ2v) is 10.7. The first-order valence-corrected chi connectivity index (χ1v) is 12.3. The van der Waals surface area contributed by atoms with E-state index in [1.165, 1.54) is 4.31 Å². The van der Waals surface area contributed by atoms with Gasteiger partial charge in [0.15, 0.2) is 0 Å². The summed E-state index contributed by atoms with van der Waals surface area (Å²) in [6, 6.07) is 0. The van der Waals surface area contributed by atoms with E-state index in [4.69, 9.17) is 4.74 Å². The van der Waals surface area contributed by atoms with Gasteiger partial charge in [-0.25, -0.2) is 17.7 Å². The van der Waals surface area contributed by atoms with Crippen molar-refractivity contribution >= 4 is 21.7 Å². The number of unbranched alkanes of at least 4 members (excludes halogenated alkanes) is 1. The maximum absolute atomic E-state index is 12.9. The summed E-state index contributed by atoms with van der Waals surface area (Å²) >= 11 is 0. The van der Waals surface area contributed by atoms with Crippen LogP contribution in [0.2, 0.25) is 0 Å². The average molecular weight is 421 g/mol. The fourth-order valence-electron chi connectivity index (χ4n) is 5.58. The molecular weight excluding hydrogens is 392 g/mol. The molecule has 0 aromatic carbocycles. The highest BCUT2D eigenvalue weighted by molar-refractivity contribution is 7.90. The van der Waals surface area contributed by atoms with Crippen LogP contribution < -0.4 is 4.90 Å². The van der Waals surface area contributed by atoms with Crippen LogP contribution in [0.25, 0.3) is 0 Å². The van der Waals surface area contributed by atoms with Crippen LogP contribution in [-0.4, -0.2) is 65.7 Å². The molecule has 0 spiro atoms.